The van der Waals surface area contributed by atoms with Crippen molar-refractivity contribution in [1.29, 1.82) is 0 Å². The largest absolute Gasteiger partial charge is 0.307 e. The molecule has 0 unspecified atom stereocenters. The Bertz CT molecular complexity index is 351. The summed E-state index contributed by atoms with van der Waals surface area (Å²) < 4.78 is 1.02. The van der Waals surface area contributed by atoms with Gasteiger partial charge < -0.3 is 4.90 Å². The molecule has 0 aliphatic rings. The number of halogens is 1. The van der Waals surface area contributed by atoms with Crippen molar-refractivity contribution in [2.75, 3.05) is 4.90 Å². The van der Waals surface area contributed by atoms with Gasteiger partial charge in [0.15, 0.2) is 0 Å². The Morgan fingerprint density at radius 1 is 1.20 bits per heavy atom. The van der Waals surface area contributed by atoms with Crippen LogP contribution in [0.2, 0.25) is 0 Å². The third-order valence-electron chi connectivity index (χ3n) is 2.07. The minimum absolute atomic E-state index is 0.0600. The molecule has 0 atom stereocenters. The maximum atomic E-state index is 11.6. The van der Waals surface area contributed by atoms with Gasteiger partial charge in [0.1, 0.15) is 0 Å². The van der Waals surface area contributed by atoms with E-state index in [0.717, 1.165) is 10.2 Å². The Labute approximate surface area is 99.4 Å². The van der Waals surface area contributed by atoms with E-state index >= 15 is 0 Å². The first-order valence-corrected chi connectivity index (χ1v) is 5.68. The highest BCUT2D eigenvalue weighted by molar-refractivity contribution is 9.10. The molecule has 3 heteroatoms. The number of rotatable bonds is 1. The van der Waals surface area contributed by atoms with Crippen molar-refractivity contribution >= 4 is 27.5 Å². The standard InChI is InChI=1S/C12H16BrNO/c1-9(15)14(12(2,3)4)11-7-5-10(13)6-8-11/h5-8H,1-4H3. The van der Waals surface area contributed by atoms with E-state index in [1.807, 2.05) is 45.0 Å². The Balaban J connectivity index is 3.11. The molecule has 2 nitrogen and oxygen atoms in total. The molecular weight excluding hydrogens is 254 g/mol. The maximum absolute atomic E-state index is 11.6. The average Bonchev–Trinajstić information content (AvgIpc) is 2.05. The second kappa shape index (κ2) is 4.35. The normalized spacial score (nSPS) is 11.3. The number of carbonyl (C=O) groups excluding carboxylic acids is 1. The van der Waals surface area contributed by atoms with E-state index in [4.69, 9.17) is 0 Å². The zero-order valence-electron chi connectivity index (χ0n) is 9.54. The highest BCUT2D eigenvalue weighted by Crippen LogP contribution is 2.25. The molecule has 0 N–H and O–H groups in total. The summed E-state index contributed by atoms with van der Waals surface area (Å²) in [5.74, 6) is 0.0600. The monoisotopic (exact) mass is 269 g/mol. The number of hydrogen-bond donors (Lipinski definition) is 0. The van der Waals surface area contributed by atoms with Crippen LogP contribution in [0.5, 0.6) is 0 Å². The molecule has 0 fully saturated rings. The van der Waals surface area contributed by atoms with Crippen molar-refractivity contribution in [3.8, 4) is 0 Å². The number of hydrogen-bond acceptors (Lipinski definition) is 1. The van der Waals surface area contributed by atoms with Gasteiger partial charge in [-0.1, -0.05) is 15.9 Å². The summed E-state index contributed by atoms with van der Waals surface area (Å²) in [5.41, 5.74) is 0.734. The van der Waals surface area contributed by atoms with E-state index in [-0.39, 0.29) is 11.4 Å². The molecule has 82 valence electrons. The molecule has 15 heavy (non-hydrogen) atoms. The molecule has 0 heterocycles. The van der Waals surface area contributed by atoms with Crippen LogP contribution < -0.4 is 4.90 Å². The molecule has 0 saturated heterocycles. The predicted octanol–water partition coefficient (Wildman–Crippen LogP) is 3.60. The topological polar surface area (TPSA) is 20.3 Å². The molecule has 1 aromatic carbocycles. The summed E-state index contributed by atoms with van der Waals surface area (Å²) in [6.07, 6.45) is 0. The Morgan fingerprint density at radius 2 is 1.67 bits per heavy atom. The average molecular weight is 270 g/mol. The van der Waals surface area contributed by atoms with Gasteiger partial charge in [0.2, 0.25) is 5.91 Å². The number of carbonyl (C=O) groups is 1. The second-order valence-corrected chi connectivity index (χ2v) is 5.42. The van der Waals surface area contributed by atoms with Crippen LogP contribution in [0, 0.1) is 0 Å². The second-order valence-electron chi connectivity index (χ2n) is 4.50. The maximum Gasteiger partial charge on any atom is 0.224 e. The smallest absolute Gasteiger partial charge is 0.224 e. The van der Waals surface area contributed by atoms with Gasteiger partial charge in [-0.05, 0) is 45.0 Å². The van der Waals surface area contributed by atoms with Crippen LogP contribution in [0.3, 0.4) is 0 Å². The highest BCUT2D eigenvalue weighted by atomic mass is 79.9. The number of nitrogens with zero attached hydrogens (tertiary/aromatic N) is 1. The van der Waals surface area contributed by atoms with Crippen LogP contribution in [-0.4, -0.2) is 11.4 Å². The Hall–Kier alpha value is -0.830. The molecule has 0 aliphatic heterocycles. The van der Waals surface area contributed by atoms with E-state index in [0.29, 0.717) is 0 Å². The summed E-state index contributed by atoms with van der Waals surface area (Å²) in [6.45, 7) is 7.66. The van der Waals surface area contributed by atoms with Gasteiger partial charge in [-0.2, -0.15) is 0 Å². The van der Waals surface area contributed by atoms with Crippen LogP contribution >= 0.6 is 15.9 Å². The van der Waals surface area contributed by atoms with Gasteiger partial charge in [0, 0.05) is 22.6 Å². The zero-order valence-corrected chi connectivity index (χ0v) is 11.1. The summed E-state index contributed by atoms with van der Waals surface area (Å²) in [6, 6.07) is 7.77. The molecule has 0 bridgehead atoms. The van der Waals surface area contributed by atoms with Crippen molar-refractivity contribution < 1.29 is 4.79 Å². The fourth-order valence-electron chi connectivity index (χ4n) is 1.63. The highest BCUT2D eigenvalue weighted by Gasteiger charge is 2.24. The van der Waals surface area contributed by atoms with Crippen LogP contribution in [-0.2, 0) is 4.79 Å². The number of amides is 1. The zero-order chi connectivity index (χ0) is 11.6. The third-order valence-corrected chi connectivity index (χ3v) is 2.60. The van der Waals surface area contributed by atoms with Crippen molar-refractivity contribution in [1.82, 2.24) is 0 Å². The fourth-order valence-corrected chi connectivity index (χ4v) is 1.90. The van der Waals surface area contributed by atoms with Crippen molar-refractivity contribution in [2.45, 2.75) is 33.2 Å². The summed E-state index contributed by atoms with van der Waals surface area (Å²) >= 11 is 3.38. The number of benzene rings is 1. The molecule has 1 amide bonds. The molecular formula is C12H16BrNO. The fraction of sp³-hybridized carbons (Fsp3) is 0.417. The van der Waals surface area contributed by atoms with Gasteiger partial charge in [0.05, 0.1) is 0 Å². The first kappa shape index (κ1) is 12.2. The van der Waals surface area contributed by atoms with E-state index < -0.39 is 0 Å². The summed E-state index contributed by atoms with van der Waals surface area (Å²) in [4.78, 5) is 13.4. The quantitative estimate of drug-likeness (QED) is 0.763. The summed E-state index contributed by atoms with van der Waals surface area (Å²) in [7, 11) is 0. The van der Waals surface area contributed by atoms with Gasteiger partial charge >= 0.3 is 0 Å². The molecule has 0 aromatic heterocycles. The lowest BCUT2D eigenvalue weighted by Crippen LogP contribution is -2.44. The minimum Gasteiger partial charge on any atom is -0.307 e. The first-order chi connectivity index (χ1) is 6.82. The van der Waals surface area contributed by atoms with E-state index in [2.05, 4.69) is 15.9 Å². The predicted molar refractivity (Wildman–Crippen MR) is 67.1 cm³/mol. The Kier molecular flexibility index (Phi) is 3.55. The molecule has 1 rings (SSSR count). The van der Waals surface area contributed by atoms with E-state index in [1.54, 1.807) is 11.8 Å². The van der Waals surface area contributed by atoms with Gasteiger partial charge in [-0.15, -0.1) is 0 Å². The van der Waals surface area contributed by atoms with Gasteiger partial charge in [-0.25, -0.2) is 0 Å². The van der Waals surface area contributed by atoms with Crippen LogP contribution in [0.25, 0.3) is 0 Å². The van der Waals surface area contributed by atoms with Gasteiger partial charge in [-0.3, -0.25) is 4.79 Å². The molecule has 1 aromatic rings. The van der Waals surface area contributed by atoms with Crippen molar-refractivity contribution in [3.05, 3.63) is 28.7 Å². The SMILES string of the molecule is CC(=O)N(c1ccc(Br)cc1)C(C)(C)C. The van der Waals surface area contributed by atoms with Crippen LogP contribution in [0.1, 0.15) is 27.7 Å². The summed E-state index contributed by atoms with van der Waals surface area (Å²) in [5, 5.41) is 0. The minimum atomic E-state index is -0.195. The third kappa shape index (κ3) is 3.06. The lowest BCUT2D eigenvalue weighted by Gasteiger charge is -2.35. The Morgan fingerprint density at radius 3 is 2.00 bits per heavy atom. The number of anilines is 1. The lowest BCUT2D eigenvalue weighted by atomic mass is 10.0. The molecule has 0 spiro atoms. The van der Waals surface area contributed by atoms with Crippen molar-refractivity contribution in [2.24, 2.45) is 0 Å². The van der Waals surface area contributed by atoms with Crippen LogP contribution in [0.4, 0.5) is 5.69 Å². The van der Waals surface area contributed by atoms with E-state index in [9.17, 15) is 4.79 Å². The van der Waals surface area contributed by atoms with Crippen LogP contribution in [0.15, 0.2) is 28.7 Å². The molecule has 0 aliphatic carbocycles. The first-order valence-electron chi connectivity index (χ1n) is 4.89. The molecule has 0 radical (unpaired) electrons. The molecule has 0 saturated carbocycles. The van der Waals surface area contributed by atoms with E-state index in [1.165, 1.54) is 0 Å². The van der Waals surface area contributed by atoms with Gasteiger partial charge in [0.25, 0.3) is 0 Å². The van der Waals surface area contributed by atoms with Crippen molar-refractivity contribution in [3.63, 3.8) is 0 Å². The lowest BCUT2D eigenvalue weighted by molar-refractivity contribution is -0.117.